The first-order chi connectivity index (χ1) is 5.11. The molecule has 0 bridgehead atoms. The maximum Gasteiger partial charge on any atom is 0.0178 e. The highest BCUT2D eigenvalue weighted by atomic mass is 79.9. The molecule has 0 radical (unpaired) electrons. The minimum Gasteiger partial charge on any atom is -0.0587 e. The molecule has 0 N–H and O–H groups in total. The van der Waals surface area contributed by atoms with Gasteiger partial charge in [-0.15, -0.1) is 0 Å². The Hall–Kier alpha value is -0.300. The molecule has 0 aliphatic carbocycles. The number of aryl methyl sites for hydroxylation is 1. The van der Waals surface area contributed by atoms with Gasteiger partial charge in [0.1, 0.15) is 0 Å². The molecule has 0 aliphatic heterocycles. The Morgan fingerprint density at radius 2 is 1.91 bits per heavy atom. The van der Waals surface area contributed by atoms with Crippen molar-refractivity contribution in [1.82, 2.24) is 0 Å². The molecular formula is C10H13Br. The topological polar surface area (TPSA) is 0 Å². The summed E-state index contributed by atoms with van der Waals surface area (Å²) < 4.78 is 1.17. The molecule has 0 unspecified atom stereocenters. The van der Waals surface area contributed by atoms with E-state index in [0.717, 1.165) is 0 Å². The molecule has 1 heteroatoms. The van der Waals surface area contributed by atoms with Crippen molar-refractivity contribution in [3.8, 4) is 0 Å². The second-order valence-corrected chi connectivity index (χ2v) is 4.07. The van der Waals surface area contributed by atoms with Gasteiger partial charge in [-0.1, -0.05) is 35.8 Å². The Morgan fingerprint density at radius 1 is 1.27 bits per heavy atom. The first-order valence-corrected chi connectivity index (χ1v) is 4.66. The van der Waals surface area contributed by atoms with Gasteiger partial charge in [0.25, 0.3) is 0 Å². The van der Waals surface area contributed by atoms with Crippen molar-refractivity contribution in [1.29, 1.82) is 0 Å². The molecule has 0 aromatic heterocycles. The number of halogens is 1. The fourth-order valence-electron chi connectivity index (χ4n) is 1.23. The molecule has 0 amide bonds. The molecule has 0 saturated carbocycles. The van der Waals surface area contributed by atoms with Gasteiger partial charge in [0, 0.05) is 4.47 Å². The summed E-state index contributed by atoms with van der Waals surface area (Å²) in [6.07, 6.45) is 0. The summed E-state index contributed by atoms with van der Waals surface area (Å²) in [5, 5.41) is 0. The highest BCUT2D eigenvalue weighted by molar-refractivity contribution is 9.10. The molecule has 0 atom stereocenters. The molecule has 0 heterocycles. The molecule has 0 nitrogen and oxygen atoms in total. The van der Waals surface area contributed by atoms with Gasteiger partial charge in [-0.3, -0.25) is 0 Å². The first kappa shape index (κ1) is 8.79. The van der Waals surface area contributed by atoms with E-state index in [9.17, 15) is 0 Å². The van der Waals surface area contributed by atoms with Crippen LogP contribution in [-0.4, -0.2) is 0 Å². The molecule has 0 fully saturated rings. The third-order valence-electron chi connectivity index (χ3n) is 1.86. The number of hydrogen-bond acceptors (Lipinski definition) is 0. The van der Waals surface area contributed by atoms with Gasteiger partial charge >= 0.3 is 0 Å². The molecule has 1 rings (SSSR count). The summed E-state index contributed by atoms with van der Waals surface area (Å²) in [5.41, 5.74) is 2.81. The smallest absolute Gasteiger partial charge is 0.0178 e. The van der Waals surface area contributed by atoms with Gasteiger partial charge < -0.3 is 0 Å². The van der Waals surface area contributed by atoms with Crippen LogP contribution in [0.5, 0.6) is 0 Å². The van der Waals surface area contributed by atoms with E-state index in [-0.39, 0.29) is 0 Å². The normalized spacial score (nSPS) is 10.6. The van der Waals surface area contributed by atoms with Crippen molar-refractivity contribution in [2.45, 2.75) is 26.7 Å². The Labute approximate surface area is 76.8 Å². The third kappa shape index (κ3) is 2.06. The predicted molar refractivity (Wildman–Crippen MR) is 53.0 cm³/mol. The largest absolute Gasteiger partial charge is 0.0587 e. The minimum atomic E-state index is 0.618. The summed E-state index contributed by atoms with van der Waals surface area (Å²) >= 11 is 3.46. The summed E-state index contributed by atoms with van der Waals surface area (Å²) in [6.45, 7) is 6.59. The van der Waals surface area contributed by atoms with Crippen LogP contribution in [0.3, 0.4) is 0 Å². The minimum absolute atomic E-state index is 0.618. The van der Waals surface area contributed by atoms with Crippen LogP contribution >= 0.6 is 15.9 Å². The van der Waals surface area contributed by atoms with E-state index >= 15 is 0 Å². The first-order valence-electron chi connectivity index (χ1n) is 3.87. The standard InChI is InChI=1S/C10H13Br/c1-7(2)10-6-9(11)5-4-8(10)3/h4-7H,1-3H3. The van der Waals surface area contributed by atoms with Crippen LogP contribution in [0.4, 0.5) is 0 Å². The summed E-state index contributed by atoms with van der Waals surface area (Å²) in [6, 6.07) is 6.43. The van der Waals surface area contributed by atoms with E-state index in [1.165, 1.54) is 15.6 Å². The molecular weight excluding hydrogens is 200 g/mol. The van der Waals surface area contributed by atoms with E-state index in [4.69, 9.17) is 0 Å². The Balaban J connectivity index is 3.13. The summed E-state index contributed by atoms with van der Waals surface area (Å²) in [4.78, 5) is 0. The van der Waals surface area contributed by atoms with Gasteiger partial charge in [-0.05, 0) is 36.1 Å². The van der Waals surface area contributed by atoms with Crippen LogP contribution in [0.15, 0.2) is 22.7 Å². The lowest BCUT2D eigenvalue weighted by atomic mass is 9.98. The van der Waals surface area contributed by atoms with Crippen molar-refractivity contribution in [3.05, 3.63) is 33.8 Å². The van der Waals surface area contributed by atoms with Gasteiger partial charge in [0.15, 0.2) is 0 Å². The molecule has 1 aromatic carbocycles. The van der Waals surface area contributed by atoms with E-state index in [0.29, 0.717) is 5.92 Å². The van der Waals surface area contributed by atoms with Gasteiger partial charge in [0.2, 0.25) is 0 Å². The highest BCUT2D eigenvalue weighted by Gasteiger charge is 2.02. The fraction of sp³-hybridized carbons (Fsp3) is 0.400. The number of benzene rings is 1. The Bertz CT molecular complexity index is 251. The zero-order chi connectivity index (χ0) is 8.43. The second kappa shape index (κ2) is 3.40. The molecule has 0 spiro atoms. The summed E-state index contributed by atoms with van der Waals surface area (Å²) in [7, 11) is 0. The van der Waals surface area contributed by atoms with E-state index in [1.807, 2.05) is 0 Å². The average Bonchev–Trinajstić information content (AvgIpc) is 1.94. The second-order valence-electron chi connectivity index (χ2n) is 3.16. The lowest BCUT2D eigenvalue weighted by Crippen LogP contribution is -1.90. The van der Waals surface area contributed by atoms with Gasteiger partial charge in [-0.25, -0.2) is 0 Å². The van der Waals surface area contributed by atoms with Crippen LogP contribution in [0.25, 0.3) is 0 Å². The van der Waals surface area contributed by atoms with Crippen molar-refractivity contribution < 1.29 is 0 Å². The van der Waals surface area contributed by atoms with Crippen LogP contribution in [0.1, 0.15) is 30.9 Å². The van der Waals surface area contributed by atoms with Gasteiger partial charge in [0.05, 0.1) is 0 Å². The maximum atomic E-state index is 3.46. The average molecular weight is 213 g/mol. The van der Waals surface area contributed by atoms with Crippen LogP contribution < -0.4 is 0 Å². The quantitative estimate of drug-likeness (QED) is 0.664. The van der Waals surface area contributed by atoms with Crippen LogP contribution in [-0.2, 0) is 0 Å². The molecule has 11 heavy (non-hydrogen) atoms. The summed E-state index contributed by atoms with van der Waals surface area (Å²) in [5.74, 6) is 0.618. The molecule has 0 saturated heterocycles. The van der Waals surface area contributed by atoms with E-state index in [1.54, 1.807) is 0 Å². The van der Waals surface area contributed by atoms with Crippen molar-refractivity contribution in [3.63, 3.8) is 0 Å². The van der Waals surface area contributed by atoms with Crippen molar-refractivity contribution in [2.24, 2.45) is 0 Å². The SMILES string of the molecule is Cc1ccc(Br)cc1C(C)C. The van der Waals surface area contributed by atoms with Crippen LogP contribution in [0.2, 0.25) is 0 Å². The highest BCUT2D eigenvalue weighted by Crippen LogP contribution is 2.22. The number of rotatable bonds is 1. The monoisotopic (exact) mass is 212 g/mol. The molecule has 60 valence electrons. The molecule has 1 aromatic rings. The van der Waals surface area contributed by atoms with Crippen molar-refractivity contribution >= 4 is 15.9 Å². The van der Waals surface area contributed by atoms with E-state index < -0.39 is 0 Å². The van der Waals surface area contributed by atoms with Crippen molar-refractivity contribution in [2.75, 3.05) is 0 Å². The lowest BCUT2D eigenvalue weighted by Gasteiger charge is -2.09. The van der Waals surface area contributed by atoms with Crippen LogP contribution in [0, 0.1) is 6.92 Å². The van der Waals surface area contributed by atoms with Gasteiger partial charge in [-0.2, -0.15) is 0 Å². The maximum absolute atomic E-state index is 3.46. The lowest BCUT2D eigenvalue weighted by molar-refractivity contribution is 0.855. The fourth-order valence-corrected chi connectivity index (χ4v) is 1.61. The zero-order valence-electron chi connectivity index (χ0n) is 7.19. The Kier molecular flexibility index (Phi) is 2.72. The van der Waals surface area contributed by atoms with E-state index in [2.05, 4.69) is 54.9 Å². The predicted octanol–water partition coefficient (Wildman–Crippen LogP) is 3.88. The Morgan fingerprint density at radius 3 is 2.36 bits per heavy atom. The third-order valence-corrected chi connectivity index (χ3v) is 2.36. The zero-order valence-corrected chi connectivity index (χ0v) is 8.77. The molecule has 0 aliphatic rings. The number of hydrogen-bond donors (Lipinski definition) is 0.